The monoisotopic (exact) mass is 231 g/mol. The fraction of sp³-hybridized carbons (Fsp3) is 0.909. The molecule has 0 aliphatic carbocycles. The fourth-order valence-electron chi connectivity index (χ4n) is 1.98. The van der Waals surface area contributed by atoms with E-state index in [1.54, 1.807) is 0 Å². The van der Waals surface area contributed by atoms with Crippen LogP contribution in [0.4, 0.5) is 0 Å². The van der Waals surface area contributed by atoms with Crippen LogP contribution in [-0.4, -0.2) is 47.6 Å². The molecule has 1 aliphatic rings. The van der Waals surface area contributed by atoms with Crippen molar-refractivity contribution in [2.75, 3.05) is 24.7 Å². The molecule has 0 aromatic carbocycles. The van der Waals surface area contributed by atoms with Crippen LogP contribution in [0.3, 0.4) is 0 Å². The average molecular weight is 231 g/mol. The van der Waals surface area contributed by atoms with Gasteiger partial charge in [0.25, 0.3) is 0 Å². The number of hydrogen-bond acceptors (Lipinski definition) is 4. The number of ether oxygens (including phenoxy) is 1. The SMILES string of the molecule is CCOC(=O)C(CC)N1CCSCC1C. The molecule has 0 bridgehead atoms. The zero-order valence-corrected chi connectivity index (χ0v) is 10.7. The zero-order valence-electron chi connectivity index (χ0n) is 9.86. The summed E-state index contributed by atoms with van der Waals surface area (Å²) >= 11 is 1.97. The Morgan fingerprint density at radius 3 is 2.87 bits per heavy atom. The first-order chi connectivity index (χ1) is 7.20. The van der Waals surface area contributed by atoms with Crippen LogP contribution in [-0.2, 0) is 9.53 Å². The Morgan fingerprint density at radius 2 is 2.33 bits per heavy atom. The number of nitrogens with zero attached hydrogens (tertiary/aromatic N) is 1. The lowest BCUT2D eigenvalue weighted by molar-refractivity contribution is -0.150. The molecule has 1 heterocycles. The van der Waals surface area contributed by atoms with Gasteiger partial charge in [-0.15, -0.1) is 0 Å². The number of hydrogen-bond donors (Lipinski definition) is 0. The first kappa shape index (κ1) is 12.8. The van der Waals surface area contributed by atoms with Gasteiger partial charge in [0.1, 0.15) is 6.04 Å². The van der Waals surface area contributed by atoms with Crippen LogP contribution in [0.2, 0.25) is 0 Å². The minimum absolute atomic E-state index is 0.0409. The summed E-state index contributed by atoms with van der Waals surface area (Å²) in [5.41, 5.74) is 0. The van der Waals surface area contributed by atoms with Crippen LogP contribution in [0.15, 0.2) is 0 Å². The van der Waals surface area contributed by atoms with E-state index >= 15 is 0 Å². The topological polar surface area (TPSA) is 29.5 Å². The smallest absolute Gasteiger partial charge is 0.323 e. The van der Waals surface area contributed by atoms with Gasteiger partial charge < -0.3 is 4.74 Å². The summed E-state index contributed by atoms with van der Waals surface area (Å²) in [4.78, 5) is 14.0. The second-order valence-corrected chi connectivity index (χ2v) is 4.99. The molecule has 0 spiro atoms. The summed E-state index contributed by atoms with van der Waals surface area (Å²) in [6.07, 6.45) is 0.841. The van der Waals surface area contributed by atoms with E-state index in [2.05, 4.69) is 18.7 Å². The Hall–Kier alpha value is -0.220. The first-order valence-corrected chi connectivity index (χ1v) is 6.86. The molecule has 3 nitrogen and oxygen atoms in total. The Morgan fingerprint density at radius 1 is 1.60 bits per heavy atom. The van der Waals surface area contributed by atoms with Gasteiger partial charge in [0, 0.05) is 24.1 Å². The van der Waals surface area contributed by atoms with E-state index in [0.717, 1.165) is 24.5 Å². The standard InChI is InChI=1S/C11H21NO2S/c1-4-10(11(13)14-5-2)12-6-7-15-8-9(12)3/h9-10H,4-8H2,1-3H3. The van der Waals surface area contributed by atoms with Crippen LogP contribution < -0.4 is 0 Å². The predicted molar refractivity (Wildman–Crippen MR) is 64.2 cm³/mol. The highest BCUT2D eigenvalue weighted by Crippen LogP contribution is 2.20. The van der Waals surface area contributed by atoms with E-state index in [4.69, 9.17) is 4.74 Å². The van der Waals surface area contributed by atoms with Crippen LogP contribution in [0.25, 0.3) is 0 Å². The Kier molecular flexibility index (Phi) is 5.47. The van der Waals surface area contributed by atoms with Crippen LogP contribution in [0, 0.1) is 0 Å². The lowest BCUT2D eigenvalue weighted by atomic mass is 10.1. The molecular formula is C11H21NO2S. The Bertz CT molecular complexity index is 211. The number of rotatable bonds is 4. The molecular weight excluding hydrogens is 210 g/mol. The second kappa shape index (κ2) is 6.38. The fourth-order valence-corrected chi connectivity index (χ4v) is 3.02. The lowest BCUT2D eigenvalue weighted by Gasteiger charge is -2.37. The van der Waals surface area contributed by atoms with Crippen molar-refractivity contribution < 1.29 is 9.53 Å². The number of carbonyl (C=O) groups is 1. The van der Waals surface area contributed by atoms with Gasteiger partial charge in [0.15, 0.2) is 0 Å². The van der Waals surface area contributed by atoms with E-state index in [0.29, 0.717) is 12.6 Å². The van der Waals surface area contributed by atoms with Crippen molar-refractivity contribution in [1.82, 2.24) is 4.90 Å². The molecule has 1 aliphatic heterocycles. The average Bonchev–Trinajstić information content (AvgIpc) is 2.22. The van der Waals surface area contributed by atoms with Gasteiger partial charge in [-0.1, -0.05) is 6.92 Å². The van der Waals surface area contributed by atoms with Crippen molar-refractivity contribution in [3.8, 4) is 0 Å². The third-order valence-electron chi connectivity index (χ3n) is 2.76. The predicted octanol–water partition coefficient (Wildman–Crippen LogP) is 1.77. The highest BCUT2D eigenvalue weighted by Gasteiger charge is 2.30. The molecule has 1 fully saturated rings. The van der Waals surface area contributed by atoms with E-state index in [1.807, 2.05) is 18.7 Å². The van der Waals surface area contributed by atoms with E-state index in [-0.39, 0.29) is 12.0 Å². The van der Waals surface area contributed by atoms with E-state index in [9.17, 15) is 4.79 Å². The quantitative estimate of drug-likeness (QED) is 0.690. The first-order valence-electron chi connectivity index (χ1n) is 5.70. The van der Waals surface area contributed by atoms with Crippen molar-refractivity contribution in [2.45, 2.75) is 39.3 Å². The minimum Gasteiger partial charge on any atom is -0.465 e. The normalized spacial score (nSPS) is 24.9. The van der Waals surface area contributed by atoms with Crippen molar-refractivity contribution in [2.24, 2.45) is 0 Å². The van der Waals surface area contributed by atoms with Crippen LogP contribution >= 0.6 is 11.8 Å². The molecule has 0 saturated carbocycles. The van der Waals surface area contributed by atoms with Gasteiger partial charge in [0.2, 0.25) is 0 Å². The highest BCUT2D eigenvalue weighted by molar-refractivity contribution is 7.99. The van der Waals surface area contributed by atoms with Gasteiger partial charge in [-0.2, -0.15) is 11.8 Å². The molecule has 0 N–H and O–H groups in total. The van der Waals surface area contributed by atoms with Crippen molar-refractivity contribution in [3.63, 3.8) is 0 Å². The Labute approximate surface area is 96.5 Å². The summed E-state index contributed by atoms with van der Waals surface area (Å²) in [7, 11) is 0. The number of esters is 1. The van der Waals surface area contributed by atoms with Gasteiger partial charge in [-0.25, -0.2) is 0 Å². The van der Waals surface area contributed by atoms with Crippen molar-refractivity contribution in [1.29, 1.82) is 0 Å². The minimum atomic E-state index is -0.0567. The van der Waals surface area contributed by atoms with Crippen LogP contribution in [0.1, 0.15) is 27.2 Å². The third kappa shape index (κ3) is 3.38. The van der Waals surface area contributed by atoms with Crippen molar-refractivity contribution in [3.05, 3.63) is 0 Å². The highest BCUT2D eigenvalue weighted by atomic mass is 32.2. The summed E-state index contributed by atoms with van der Waals surface area (Å²) in [5, 5.41) is 0. The third-order valence-corrected chi connectivity index (χ3v) is 3.95. The van der Waals surface area contributed by atoms with Gasteiger partial charge >= 0.3 is 5.97 Å². The van der Waals surface area contributed by atoms with Crippen LogP contribution in [0.5, 0.6) is 0 Å². The maximum atomic E-state index is 11.7. The molecule has 1 rings (SSSR count). The molecule has 2 atom stereocenters. The summed E-state index contributed by atoms with van der Waals surface area (Å²) in [5.74, 6) is 2.19. The summed E-state index contributed by atoms with van der Waals surface area (Å²) in [6.45, 7) is 7.58. The molecule has 1 saturated heterocycles. The van der Waals surface area contributed by atoms with Gasteiger partial charge in [-0.05, 0) is 20.3 Å². The molecule has 0 amide bonds. The molecule has 88 valence electrons. The van der Waals surface area contributed by atoms with Crippen molar-refractivity contribution >= 4 is 17.7 Å². The molecule has 0 aromatic rings. The van der Waals surface area contributed by atoms with Gasteiger partial charge in [-0.3, -0.25) is 9.69 Å². The summed E-state index contributed by atoms with van der Waals surface area (Å²) in [6, 6.07) is 0.443. The lowest BCUT2D eigenvalue weighted by Crippen LogP contribution is -2.50. The van der Waals surface area contributed by atoms with E-state index in [1.165, 1.54) is 0 Å². The maximum absolute atomic E-state index is 11.7. The molecule has 0 aromatic heterocycles. The summed E-state index contributed by atoms with van der Waals surface area (Å²) < 4.78 is 5.11. The largest absolute Gasteiger partial charge is 0.465 e. The molecule has 15 heavy (non-hydrogen) atoms. The second-order valence-electron chi connectivity index (χ2n) is 3.84. The van der Waals surface area contributed by atoms with E-state index < -0.39 is 0 Å². The molecule has 4 heteroatoms. The number of thioether (sulfide) groups is 1. The van der Waals surface area contributed by atoms with Gasteiger partial charge in [0.05, 0.1) is 6.61 Å². The zero-order chi connectivity index (χ0) is 11.3. The molecule has 2 unspecified atom stereocenters. The Balaban J connectivity index is 2.59. The molecule has 0 radical (unpaired) electrons. The number of carbonyl (C=O) groups excluding carboxylic acids is 1. The maximum Gasteiger partial charge on any atom is 0.323 e.